The quantitative estimate of drug-likeness (QED) is 0.280. The second-order valence-corrected chi connectivity index (χ2v) is 10.2. The topological polar surface area (TPSA) is 111 Å². The van der Waals surface area contributed by atoms with Crippen LogP contribution in [0.3, 0.4) is 0 Å². The van der Waals surface area contributed by atoms with E-state index < -0.39 is 12.0 Å². The van der Waals surface area contributed by atoms with Crippen LogP contribution in [-0.2, 0) is 38.6 Å². The lowest BCUT2D eigenvalue weighted by molar-refractivity contribution is -0.145. The zero-order chi connectivity index (χ0) is 28.3. The van der Waals surface area contributed by atoms with Crippen molar-refractivity contribution in [3.63, 3.8) is 0 Å². The van der Waals surface area contributed by atoms with E-state index in [1.54, 1.807) is 12.1 Å². The first-order chi connectivity index (χ1) is 19.4. The molecule has 0 radical (unpaired) electrons. The number of likely N-dealkylation sites (tertiary alicyclic amines) is 1. The molecule has 1 saturated heterocycles. The molecule has 3 aromatic rings. The number of benzene rings is 3. The molecule has 2 amide bonds. The molecule has 4 rings (SSSR count). The Balaban J connectivity index is 1.23. The summed E-state index contributed by atoms with van der Waals surface area (Å²) in [6.07, 6.45) is 2.45. The minimum absolute atomic E-state index is 0.0786. The van der Waals surface area contributed by atoms with Gasteiger partial charge in [-0.2, -0.15) is 0 Å². The molecule has 0 bridgehead atoms. The zero-order valence-corrected chi connectivity index (χ0v) is 22.9. The summed E-state index contributed by atoms with van der Waals surface area (Å²) >= 11 is 0. The highest BCUT2D eigenvalue weighted by atomic mass is 16.5. The number of amides is 2. The van der Waals surface area contributed by atoms with Gasteiger partial charge < -0.3 is 25.4 Å². The average Bonchev–Trinajstić information content (AvgIpc) is 2.98. The number of esters is 1. The van der Waals surface area contributed by atoms with Crippen molar-refractivity contribution in [1.82, 2.24) is 10.2 Å². The van der Waals surface area contributed by atoms with Crippen LogP contribution in [0.2, 0.25) is 0 Å². The minimum Gasteiger partial charge on any atom is -0.489 e. The highest BCUT2D eigenvalue weighted by Crippen LogP contribution is 2.22. The van der Waals surface area contributed by atoms with Crippen molar-refractivity contribution < 1.29 is 23.9 Å². The van der Waals surface area contributed by atoms with Gasteiger partial charge in [0.25, 0.3) is 0 Å². The second kappa shape index (κ2) is 14.2. The van der Waals surface area contributed by atoms with E-state index in [1.807, 2.05) is 71.6 Å². The molecule has 8 nitrogen and oxygen atoms in total. The number of nitrogens with zero attached hydrogens (tertiary/aromatic N) is 1. The van der Waals surface area contributed by atoms with E-state index in [9.17, 15) is 14.4 Å². The highest BCUT2D eigenvalue weighted by molar-refractivity contribution is 5.85. The van der Waals surface area contributed by atoms with Gasteiger partial charge in [-0.1, -0.05) is 54.6 Å². The molecule has 3 N–H and O–H groups in total. The molecule has 0 saturated carbocycles. The fraction of sp³-hybridized carbons (Fsp3) is 0.344. The fourth-order valence-corrected chi connectivity index (χ4v) is 4.86. The van der Waals surface area contributed by atoms with Gasteiger partial charge in [0.15, 0.2) is 0 Å². The number of methoxy groups -OCH3 is 1. The van der Waals surface area contributed by atoms with Crippen molar-refractivity contribution in [2.24, 2.45) is 5.92 Å². The van der Waals surface area contributed by atoms with Crippen LogP contribution >= 0.6 is 0 Å². The Kier molecular flexibility index (Phi) is 10.2. The standard InChI is InChI=1S/C32H37N3O5/c1-39-32(38)29(19-23-9-13-28(14-10-23)40-22-26-5-3-2-4-6-26)34-30(36)20-25-15-17-35(18-16-25)31(37)21-24-7-11-27(33)12-8-24/h2-14,25,29H,15-22,33H2,1H3,(H,34,36)/t29-/m0/s1. The van der Waals surface area contributed by atoms with E-state index in [0.29, 0.717) is 44.6 Å². The molecule has 1 heterocycles. The number of piperidine rings is 1. The third-order valence-corrected chi connectivity index (χ3v) is 7.21. The lowest BCUT2D eigenvalue weighted by Crippen LogP contribution is -2.45. The Bertz CT molecular complexity index is 1250. The predicted molar refractivity (Wildman–Crippen MR) is 153 cm³/mol. The number of rotatable bonds is 11. The van der Waals surface area contributed by atoms with Crippen molar-refractivity contribution in [3.05, 3.63) is 95.6 Å². The number of nitrogens with one attached hydrogen (secondary N) is 1. The summed E-state index contributed by atoms with van der Waals surface area (Å²) in [7, 11) is 1.32. The number of carbonyl (C=O) groups is 3. The monoisotopic (exact) mass is 543 g/mol. The number of nitrogens with two attached hydrogens (primary N) is 1. The maximum Gasteiger partial charge on any atom is 0.328 e. The molecule has 0 aliphatic carbocycles. The molecular formula is C32H37N3O5. The number of ether oxygens (including phenoxy) is 2. The second-order valence-electron chi connectivity index (χ2n) is 10.2. The first-order valence-corrected chi connectivity index (χ1v) is 13.6. The molecule has 1 aliphatic heterocycles. The predicted octanol–water partition coefficient (Wildman–Crippen LogP) is 3.92. The van der Waals surface area contributed by atoms with E-state index in [2.05, 4.69) is 5.32 Å². The minimum atomic E-state index is -0.782. The lowest BCUT2D eigenvalue weighted by atomic mass is 9.92. The van der Waals surface area contributed by atoms with Gasteiger partial charge in [-0.3, -0.25) is 9.59 Å². The van der Waals surface area contributed by atoms with Crippen LogP contribution in [0.25, 0.3) is 0 Å². The van der Waals surface area contributed by atoms with E-state index in [1.165, 1.54) is 7.11 Å². The summed E-state index contributed by atoms with van der Waals surface area (Å²) < 4.78 is 10.8. The molecule has 8 heteroatoms. The molecule has 40 heavy (non-hydrogen) atoms. The first kappa shape index (κ1) is 28.7. The summed E-state index contributed by atoms with van der Waals surface area (Å²) in [5, 5.41) is 2.86. The smallest absolute Gasteiger partial charge is 0.328 e. The number of carbonyl (C=O) groups excluding carboxylic acids is 3. The Morgan fingerprint density at radius 1 is 0.900 bits per heavy atom. The SMILES string of the molecule is COC(=O)[C@H](Cc1ccc(OCc2ccccc2)cc1)NC(=O)CC1CCN(C(=O)Cc2ccc(N)cc2)CC1. The summed E-state index contributed by atoms with van der Waals surface area (Å²) in [4.78, 5) is 39.8. The molecule has 0 spiro atoms. The summed E-state index contributed by atoms with van der Waals surface area (Å²) in [5.41, 5.74) is 9.29. The van der Waals surface area contributed by atoms with Crippen LogP contribution in [0.1, 0.15) is 36.0 Å². The highest BCUT2D eigenvalue weighted by Gasteiger charge is 2.27. The zero-order valence-electron chi connectivity index (χ0n) is 22.9. The Hall–Kier alpha value is -4.33. The first-order valence-electron chi connectivity index (χ1n) is 13.6. The molecule has 1 atom stereocenters. The van der Waals surface area contributed by atoms with Crippen molar-refractivity contribution in [2.45, 2.75) is 44.8 Å². The van der Waals surface area contributed by atoms with E-state index in [-0.39, 0.29) is 17.7 Å². The van der Waals surface area contributed by atoms with Crippen molar-refractivity contribution in [3.8, 4) is 5.75 Å². The Morgan fingerprint density at radius 2 is 1.55 bits per heavy atom. The number of hydrogen-bond donors (Lipinski definition) is 2. The van der Waals surface area contributed by atoms with Gasteiger partial charge in [-0.15, -0.1) is 0 Å². The third-order valence-electron chi connectivity index (χ3n) is 7.21. The third kappa shape index (κ3) is 8.59. The van der Waals surface area contributed by atoms with Crippen LogP contribution in [0, 0.1) is 5.92 Å². The Labute approximate surface area is 235 Å². The summed E-state index contributed by atoms with van der Waals surface area (Å²) in [6.45, 7) is 1.70. The number of anilines is 1. The summed E-state index contributed by atoms with van der Waals surface area (Å²) in [5.74, 6) is 0.282. The van der Waals surface area contributed by atoms with E-state index in [0.717, 1.165) is 35.3 Å². The molecule has 0 unspecified atom stereocenters. The van der Waals surface area contributed by atoms with Crippen LogP contribution in [0.5, 0.6) is 5.75 Å². The number of hydrogen-bond acceptors (Lipinski definition) is 6. The number of nitrogen functional groups attached to an aromatic ring is 1. The van der Waals surface area contributed by atoms with Gasteiger partial charge in [-0.05, 0) is 59.7 Å². The summed E-state index contributed by atoms with van der Waals surface area (Å²) in [6, 6.07) is 24.0. The van der Waals surface area contributed by atoms with Gasteiger partial charge in [-0.25, -0.2) is 4.79 Å². The van der Waals surface area contributed by atoms with Crippen LogP contribution in [0.15, 0.2) is 78.9 Å². The van der Waals surface area contributed by atoms with Gasteiger partial charge in [0.2, 0.25) is 11.8 Å². The molecule has 1 aliphatic rings. The molecule has 210 valence electrons. The van der Waals surface area contributed by atoms with Crippen LogP contribution in [-0.4, -0.2) is 48.9 Å². The van der Waals surface area contributed by atoms with Crippen molar-refractivity contribution >= 4 is 23.5 Å². The molecule has 0 aromatic heterocycles. The van der Waals surface area contributed by atoms with Gasteiger partial charge in [0, 0.05) is 31.6 Å². The van der Waals surface area contributed by atoms with Crippen LogP contribution < -0.4 is 15.8 Å². The van der Waals surface area contributed by atoms with Gasteiger partial charge >= 0.3 is 5.97 Å². The largest absolute Gasteiger partial charge is 0.489 e. The normalized spacial score (nSPS) is 14.3. The maximum absolute atomic E-state index is 12.9. The van der Waals surface area contributed by atoms with Gasteiger partial charge in [0.1, 0.15) is 18.4 Å². The molecular weight excluding hydrogens is 506 g/mol. The van der Waals surface area contributed by atoms with E-state index >= 15 is 0 Å². The fourth-order valence-electron chi connectivity index (χ4n) is 4.86. The Morgan fingerprint density at radius 3 is 2.20 bits per heavy atom. The van der Waals surface area contributed by atoms with Crippen molar-refractivity contribution in [2.75, 3.05) is 25.9 Å². The lowest BCUT2D eigenvalue weighted by Gasteiger charge is -2.32. The maximum atomic E-state index is 12.9. The van der Waals surface area contributed by atoms with Crippen molar-refractivity contribution in [1.29, 1.82) is 0 Å². The molecule has 1 fully saturated rings. The van der Waals surface area contributed by atoms with Crippen LogP contribution in [0.4, 0.5) is 5.69 Å². The van der Waals surface area contributed by atoms with E-state index in [4.69, 9.17) is 15.2 Å². The molecule has 3 aromatic carbocycles. The van der Waals surface area contributed by atoms with Gasteiger partial charge in [0.05, 0.1) is 13.5 Å². The average molecular weight is 544 g/mol.